The highest BCUT2D eigenvalue weighted by atomic mass is 16.5. The molecule has 0 aliphatic heterocycles. The second-order valence-electron chi connectivity index (χ2n) is 3.95. The number of hydrogen-bond donors (Lipinski definition) is 1. The van der Waals surface area contributed by atoms with Crippen LogP contribution in [0.5, 0.6) is 0 Å². The molecule has 2 N–H and O–H groups in total. The second kappa shape index (κ2) is 4.44. The first-order valence-electron chi connectivity index (χ1n) is 5.22. The van der Waals surface area contributed by atoms with Gasteiger partial charge < -0.3 is 14.8 Å². The van der Waals surface area contributed by atoms with Gasteiger partial charge in [-0.15, -0.1) is 0 Å². The maximum Gasteiger partial charge on any atom is 0.229 e. The van der Waals surface area contributed by atoms with Gasteiger partial charge in [0.1, 0.15) is 0 Å². The van der Waals surface area contributed by atoms with Crippen molar-refractivity contribution in [1.82, 2.24) is 19.7 Å². The summed E-state index contributed by atoms with van der Waals surface area (Å²) in [5.74, 6) is 1.57. The van der Waals surface area contributed by atoms with Crippen molar-refractivity contribution in [3.8, 4) is 0 Å². The van der Waals surface area contributed by atoms with Gasteiger partial charge in [-0.1, -0.05) is 19.0 Å². The number of rotatable bonds is 4. The van der Waals surface area contributed by atoms with E-state index in [1.165, 1.54) is 0 Å². The molecule has 86 valence electrons. The molecule has 16 heavy (non-hydrogen) atoms. The Balaban J connectivity index is 2.08. The van der Waals surface area contributed by atoms with E-state index in [1.807, 2.05) is 24.6 Å². The molecule has 0 spiro atoms. The standard InChI is InChI=1S/C10H15N5O/c1-7(2)10-13-9(14-16-10)5-15-4-8(3-11)12-6-15/h4,6-7H,3,5,11H2,1-2H3. The highest BCUT2D eigenvalue weighted by molar-refractivity contribution is 4.98. The predicted molar refractivity (Wildman–Crippen MR) is 57.6 cm³/mol. The zero-order valence-electron chi connectivity index (χ0n) is 9.42. The van der Waals surface area contributed by atoms with E-state index >= 15 is 0 Å². The number of imidazole rings is 1. The molecular weight excluding hydrogens is 206 g/mol. The summed E-state index contributed by atoms with van der Waals surface area (Å²) in [6.07, 6.45) is 3.60. The minimum absolute atomic E-state index is 0.253. The third-order valence-electron chi connectivity index (χ3n) is 2.20. The number of nitrogens with zero attached hydrogens (tertiary/aromatic N) is 4. The van der Waals surface area contributed by atoms with Crippen molar-refractivity contribution in [3.05, 3.63) is 29.9 Å². The van der Waals surface area contributed by atoms with Crippen molar-refractivity contribution in [2.45, 2.75) is 32.9 Å². The molecule has 0 atom stereocenters. The van der Waals surface area contributed by atoms with E-state index in [0.717, 1.165) is 5.69 Å². The summed E-state index contributed by atoms with van der Waals surface area (Å²) in [5.41, 5.74) is 6.33. The third-order valence-corrected chi connectivity index (χ3v) is 2.20. The van der Waals surface area contributed by atoms with Crippen LogP contribution in [0.15, 0.2) is 17.0 Å². The molecule has 0 radical (unpaired) electrons. The summed E-state index contributed by atoms with van der Waals surface area (Å²) in [4.78, 5) is 8.41. The molecule has 0 aliphatic rings. The summed E-state index contributed by atoms with van der Waals surface area (Å²) in [7, 11) is 0. The van der Waals surface area contributed by atoms with E-state index in [1.54, 1.807) is 6.33 Å². The Morgan fingerprint density at radius 1 is 1.50 bits per heavy atom. The molecule has 0 aliphatic carbocycles. The Morgan fingerprint density at radius 2 is 2.31 bits per heavy atom. The first kappa shape index (κ1) is 10.8. The molecule has 2 rings (SSSR count). The lowest BCUT2D eigenvalue weighted by molar-refractivity contribution is 0.360. The Morgan fingerprint density at radius 3 is 2.88 bits per heavy atom. The molecule has 0 amide bonds. The van der Waals surface area contributed by atoms with Crippen LogP contribution in [-0.4, -0.2) is 19.7 Å². The molecule has 2 aromatic rings. The Bertz CT molecular complexity index is 459. The maximum atomic E-state index is 5.47. The third kappa shape index (κ3) is 2.27. The van der Waals surface area contributed by atoms with E-state index in [4.69, 9.17) is 10.3 Å². The summed E-state index contributed by atoms with van der Waals surface area (Å²) >= 11 is 0. The molecule has 2 heterocycles. The van der Waals surface area contributed by atoms with Gasteiger partial charge in [-0.2, -0.15) is 4.98 Å². The average molecular weight is 221 g/mol. The Labute approximate surface area is 93.5 Å². The Kier molecular flexibility index (Phi) is 3.00. The van der Waals surface area contributed by atoms with E-state index in [0.29, 0.717) is 24.8 Å². The van der Waals surface area contributed by atoms with Crippen LogP contribution in [0.4, 0.5) is 0 Å². The van der Waals surface area contributed by atoms with Gasteiger partial charge in [0.2, 0.25) is 5.89 Å². The van der Waals surface area contributed by atoms with Crippen molar-refractivity contribution in [1.29, 1.82) is 0 Å². The highest BCUT2D eigenvalue weighted by Gasteiger charge is 2.10. The second-order valence-corrected chi connectivity index (χ2v) is 3.95. The summed E-state index contributed by atoms with van der Waals surface area (Å²) in [6, 6.07) is 0. The van der Waals surface area contributed by atoms with Gasteiger partial charge in [0.15, 0.2) is 5.82 Å². The van der Waals surface area contributed by atoms with Crippen molar-refractivity contribution < 1.29 is 4.52 Å². The van der Waals surface area contributed by atoms with Crippen LogP contribution >= 0.6 is 0 Å². The fraction of sp³-hybridized carbons (Fsp3) is 0.500. The zero-order chi connectivity index (χ0) is 11.5. The van der Waals surface area contributed by atoms with Crippen LogP contribution in [0.1, 0.15) is 37.2 Å². The monoisotopic (exact) mass is 221 g/mol. The minimum Gasteiger partial charge on any atom is -0.339 e. The van der Waals surface area contributed by atoms with Crippen LogP contribution in [0, 0.1) is 0 Å². The van der Waals surface area contributed by atoms with Gasteiger partial charge in [-0.3, -0.25) is 0 Å². The van der Waals surface area contributed by atoms with Gasteiger partial charge in [0.25, 0.3) is 0 Å². The lowest BCUT2D eigenvalue weighted by Gasteiger charge is -1.95. The van der Waals surface area contributed by atoms with Crippen molar-refractivity contribution in [2.75, 3.05) is 0 Å². The van der Waals surface area contributed by atoms with Crippen molar-refractivity contribution in [3.63, 3.8) is 0 Å². The minimum atomic E-state index is 0.253. The van der Waals surface area contributed by atoms with Crippen molar-refractivity contribution >= 4 is 0 Å². The lowest BCUT2D eigenvalue weighted by Crippen LogP contribution is -2.00. The summed E-state index contributed by atoms with van der Waals surface area (Å²) < 4.78 is 7.00. The van der Waals surface area contributed by atoms with Crippen LogP contribution in [0.3, 0.4) is 0 Å². The number of nitrogens with two attached hydrogens (primary N) is 1. The molecule has 6 nitrogen and oxygen atoms in total. The van der Waals surface area contributed by atoms with Gasteiger partial charge in [-0.25, -0.2) is 4.98 Å². The molecule has 0 saturated carbocycles. The molecule has 2 aromatic heterocycles. The van der Waals surface area contributed by atoms with Gasteiger partial charge >= 0.3 is 0 Å². The van der Waals surface area contributed by atoms with E-state index in [9.17, 15) is 0 Å². The van der Waals surface area contributed by atoms with E-state index < -0.39 is 0 Å². The van der Waals surface area contributed by atoms with Crippen LogP contribution in [-0.2, 0) is 13.1 Å². The zero-order valence-corrected chi connectivity index (χ0v) is 9.42. The SMILES string of the molecule is CC(C)c1nc(Cn2cnc(CN)c2)no1. The fourth-order valence-electron chi connectivity index (χ4n) is 1.33. The molecular formula is C10H15N5O. The van der Waals surface area contributed by atoms with Gasteiger partial charge in [-0.05, 0) is 0 Å². The average Bonchev–Trinajstić information content (AvgIpc) is 2.87. The first-order valence-corrected chi connectivity index (χ1v) is 5.22. The van der Waals surface area contributed by atoms with E-state index in [-0.39, 0.29) is 5.92 Å². The number of aromatic nitrogens is 4. The molecule has 0 aromatic carbocycles. The largest absolute Gasteiger partial charge is 0.339 e. The molecule has 0 saturated heterocycles. The quantitative estimate of drug-likeness (QED) is 0.829. The van der Waals surface area contributed by atoms with Crippen molar-refractivity contribution in [2.24, 2.45) is 5.73 Å². The van der Waals surface area contributed by atoms with Gasteiger partial charge in [0, 0.05) is 18.7 Å². The topological polar surface area (TPSA) is 82.8 Å². The summed E-state index contributed by atoms with van der Waals surface area (Å²) in [6.45, 7) is 5.03. The number of hydrogen-bond acceptors (Lipinski definition) is 5. The predicted octanol–water partition coefficient (Wildman–Crippen LogP) is 0.897. The fourth-order valence-corrected chi connectivity index (χ4v) is 1.33. The first-order chi connectivity index (χ1) is 7.69. The smallest absolute Gasteiger partial charge is 0.229 e. The van der Waals surface area contributed by atoms with Crippen LogP contribution < -0.4 is 5.73 Å². The summed E-state index contributed by atoms with van der Waals surface area (Å²) in [5, 5.41) is 3.90. The normalized spacial score (nSPS) is 11.2. The molecule has 0 unspecified atom stereocenters. The molecule has 0 fully saturated rings. The Hall–Kier alpha value is -1.69. The molecule has 0 bridgehead atoms. The van der Waals surface area contributed by atoms with E-state index in [2.05, 4.69) is 15.1 Å². The highest BCUT2D eigenvalue weighted by Crippen LogP contribution is 2.11. The lowest BCUT2D eigenvalue weighted by atomic mass is 10.2. The molecule has 6 heteroatoms. The van der Waals surface area contributed by atoms with Crippen LogP contribution in [0.2, 0.25) is 0 Å². The van der Waals surface area contributed by atoms with Crippen LogP contribution in [0.25, 0.3) is 0 Å². The van der Waals surface area contributed by atoms with Gasteiger partial charge in [0.05, 0.1) is 18.6 Å². The maximum absolute atomic E-state index is 5.47.